The predicted octanol–water partition coefficient (Wildman–Crippen LogP) is 2.49. The first-order chi connectivity index (χ1) is 13.2. The Labute approximate surface area is 155 Å². The summed E-state index contributed by atoms with van der Waals surface area (Å²) < 4.78 is 1.64. The van der Waals surface area contributed by atoms with Gasteiger partial charge in [0, 0.05) is 50.0 Å². The summed E-state index contributed by atoms with van der Waals surface area (Å²) in [5.74, 6) is 2.37. The first-order valence-corrected chi connectivity index (χ1v) is 8.61. The lowest BCUT2D eigenvalue weighted by molar-refractivity contribution is 0.0953. The van der Waals surface area contributed by atoms with Crippen molar-refractivity contribution in [3.05, 3.63) is 48.5 Å². The van der Waals surface area contributed by atoms with Gasteiger partial charge in [-0.2, -0.15) is 15.3 Å². The zero-order chi connectivity index (χ0) is 18.7. The quantitative estimate of drug-likeness (QED) is 0.655. The maximum atomic E-state index is 12.6. The van der Waals surface area contributed by atoms with Crippen molar-refractivity contribution in [3.8, 4) is 23.6 Å². The van der Waals surface area contributed by atoms with Gasteiger partial charge in [0.2, 0.25) is 0 Å². The number of carbonyl (C=O) groups excluding carboxylic acids is 1. The maximum Gasteiger partial charge on any atom is 0.256 e. The highest BCUT2D eigenvalue weighted by Crippen LogP contribution is 2.36. The smallest absolute Gasteiger partial charge is 0.256 e. The standard InChI is InChI=1S/C19H17N7O/c1-2-3-7-19(24-25-19)8-11-22-18(27)15-13-23-26-16(6-10-21-17(15)26)14-5-4-9-20-12-14/h1,4-6,9-10,12-13H,3,7-8,11H2,(H,22,27). The molecule has 1 N–H and O–H groups in total. The number of nitrogens with zero attached hydrogens (tertiary/aromatic N) is 6. The van der Waals surface area contributed by atoms with Crippen LogP contribution in [0.5, 0.6) is 0 Å². The molecule has 0 aliphatic carbocycles. The van der Waals surface area contributed by atoms with E-state index < -0.39 is 5.66 Å². The van der Waals surface area contributed by atoms with Gasteiger partial charge < -0.3 is 5.32 Å². The number of pyridine rings is 1. The van der Waals surface area contributed by atoms with Gasteiger partial charge in [-0.1, -0.05) is 0 Å². The minimum Gasteiger partial charge on any atom is -0.352 e. The number of hydrogen-bond donors (Lipinski definition) is 1. The zero-order valence-electron chi connectivity index (χ0n) is 14.5. The molecular weight excluding hydrogens is 342 g/mol. The Morgan fingerprint density at radius 1 is 1.22 bits per heavy atom. The van der Waals surface area contributed by atoms with Crippen LogP contribution in [0, 0.1) is 12.3 Å². The fraction of sp³-hybridized carbons (Fsp3) is 0.263. The van der Waals surface area contributed by atoms with Gasteiger partial charge in [0.25, 0.3) is 5.91 Å². The second-order valence-electron chi connectivity index (χ2n) is 6.26. The van der Waals surface area contributed by atoms with E-state index >= 15 is 0 Å². The van der Waals surface area contributed by atoms with Gasteiger partial charge in [-0.3, -0.25) is 9.78 Å². The van der Waals surface area contributed by atoms with Crippen molar-refractivity contribution in [2.45, 2.75) is 24.9 Å². The van der Waals surface area contributed by atoms with Gasteiger partial charge in [-0.15, -0.1) is 12.3 Å². The molecule has 134 valence electrons. The Balaban J connectivity index is 1.48. The van der Waals surface area contributed by atoms with Crippen molar-refractivity contribution in [1.29, 1.82) is 0 Å². The molecule has 27 heavy (non-hydrogen) atoms. The summed E-state index contributed by atoms with van der Waals surface area (Å²) in [5.41, 5.74) is 2.22. The van der Waals surface area contributed by atoms with E-state index in [0.717, 1.165) is 11.3 Å². The van der Waals surface area contributed by atoms with E-state index in [2.05, 4.69) is 36.5 Å². The molecule has 0 bridgehead atoms. The molecule has 1 aliphatic heterocycles. The average Bonchev–Trinajstić information content (AvgIpc) is 3.34. The van der Waals surface area contributed by atoms with Gasteiger partial charge in [-0.05, 0) is 18.2 Å². The van der Waals surface area contributed by atoms with E-state index in [1.807, 2.05) is 18.2 Å². The molecule has 0 saturated carbocycles. The summed E-state index contributed by atoms with van der Waals surface area (Å²) in [5, 5.41) is 15.4. The second kappa shape index (κ2) is 6.96. The first kappa shape index (κ1) is 16.8. The van der Waals surface area contributed by atoms with E-state index in [4.69, 9.17) is 6.42 Å². The number of fused-ring (bicyclic) bond motifs is 1. The molecule has 1 aliphatic rings. The lowest BCUT2D eigenvalue weighted by atomic mass is 10.0. The van der Waals surface area contributed by atoms with Gasteiger partial charge in [0.1, 0.15) is 5.56 Å². The molecule has 4 heterocycles. The summed E-state index contributed by atoms with van der Waals surface area (Å²) >= 11 is 0. The molecule has 0 atom stereocenters. The molecule has 3 aromatic rings. The van der Waals surface area contributed by atoms with E-state index in [9.17, 15) is 4.79 Å². The molecule has 0 radical (unpaired) electrons. The third-order valence-corrected chi connectivity index (χ3v) is 4.47. The highest BCUT2D eigenvalue weighted by atomic mass is 16.1. The first-order valence-electron chi connectivity index (χ1n) is 8.61. The van der Waals surface area contributed by atoms with Gasteiger partial charge in [-0.25, -0.2) is 9.50 Å². The van der Waals surface area contributed by atoms with Crippen molar-refractivity contribution in [3.63, 3.8) is 0 Å². The van der Waals surface area contributed by atoms with Crippen LogP contribution < -0.4 is 5.32 Å². The molecule has 1 amide bonds. The fourth-order valence-electron chi connectivity index (χ4n) is 2.92. The third kappa shape index (κ3) is 3.40. The molecule has 8 heteroatoms. The fourth-order valence-corrected chi connectivity index (χ4v) is 2.92. The molecule has 0 fully saturated rings. The number of terminal acetylenes is 1. The van der Waals surface area contributed by atoms with Crippen LogP contribution in [0.3, 0.4) is 0 Å². The van der Waals surface area contributed by atoms with E-state index in [-0.39, 0.29) is 5.91 Å². The van der Waals surface area contributed by atoms with E-state index in [1.165, 1.54) is 6.20 Å². The Hall–Kier alpha value is -3.60. The number of carbonyl (C=O) groups is 1. The predicted molar refractivity (Wildman–Crippen MR) is 98.8 cm³/mol. The molecule has 0 spiro atoms. The molecule has 8 nitrogen and oxygen atoms in total. The van der Waals surface area contributed by atoms with Gasteiger partial charge in [0.15, 0.2) is 11.3 Å². The summed E-state index contributed by atoms with van der Waals surface area (Å²) in [6.45, 7) is 0.454. The average molecular weight is 359 g/mol. The Morgan fingerprint density at radius 2 is 2.11 bits per heavy atom. The molecular formula is C19H17N7O. The van der Waals surface area contributed by atoms with Gasteiger partial charge >= 0.3 is 0 Å². The lowest BCUT2D eigenvalue weighted by Gasteiger charge is -2.09. The number of nitrogens with one attached hydrogen (secondary N) is 1. The van der Waals surface area contributed by atoms with Crippen LogP contribution >= 0.6 is 0 Å². The number of rotatable bonds is 7. The third-order valence-electron chi connectivity index (χ3n) is 4.47. The summed E-state index contributed by atoms with van der Waals surface area (Å²) in [7, 11) is 0. The SMILES string of the molecule is C#CCCC1(CCNC(=O)c2cnn3c(-c4cccnc4)ccnc23)N=N1. The van der Waals surface area contributed by atoms with Crippen molar-refractivity contribution in [1.82, 2.24) is 24.9 Å². The monoisotopic (exact) mass is 359 g/mol. The minimum atomic E-state index is -0.410. The number of hydrogen-bond acceptors (Lipinski definition) is 6. The van der Waals surface area contributed by atoms with Gasteiger partial charge in [0.05, 0.1) is 11.9 Å². The Morgan fingerprint density at radius 3 is 2.85 bits per heavy atom. The topological polar surface area (TPSA) is 96.9 Å². The normalized spacial score (nSPS) is 14.0. The largest absolute Gasteiger partial charge is 0.352 e. The summed E-state index contributed by atoms with van der Waals surface area (Å²) in [6, 6.07) is 5.62. The highest BCUT2D eigenvalue weighted by Gasteiger charge is 2.38. The number of aromatic nitrogens is 4. The summed E-state index contributed by atoms with van der Waals surface area (Å²) in [4.78, 5) is 21.0. The van der Waals surface area contributed by atoms with Crippen LogP contribution in [0.25, 0.3) is 16.9 Å². The Bertz CT molecular complexity index is 1040. The van der Waals surface area contributed by atoms with Crippen LogP contribution in [0.2, 0.25) is 0 Å². The Kier molecular flexibility index (Phi) is 4.34. The van der Waals surface area contributed by atoms with Crippen molar-refractivity contribution in [2.75, 3.05) is 6.54 Å². The van der Waals surface area contributed by atoms with Crippen LogP contribution in [0.1, 0.15) is 29.6 Å². The van der Waals surface area contributed by atoms with Crippen molar-refractivity contribution in [2.24, 2.45) is 10.2 Å². The number of amides is 1. The summed E-state index contributed by atoms with van der Waals surface area (Å²) in [6.07, 6.45) is 13.9. The molecule has 3 aromatic heterocycles. The molecule has 4 rings (SSSR count). The van der Waals surface area contributed by atoms with E-state index in [0.29, 0.717) is 37.0 Å². The van der Waals surface area contributed by atoms with E-state index in [1.54, 1.807) is 23.1 Å². The van der Waals surface area contributed by atoms with Crippen LogP contribution in [0.15, 0.2) is 53.2 Å². The van der Waals surface area contributed by atoms with Crippen LogP contribution in [-0.2, 0) is 0 Å². The minimum absolute atomic E-state index is 0.228. The molecule has 0 unspecified atom stereocenters. The second-order valence-corrected chi connectivity index (χ2v) is 6.26. The maximum absolute atomic E-state index is 12.6. The zero-order valence-corrected chi connectivity index (χ0v) is 14.5. The van der Waals surface area contributed by atoms with Crippen molar-refractivity contribution >= 4 is 11.6 Å². The lowest BCUT2D eigenvalue weighted by Crippen LogP contribution is -2.28. The van der Waals surface area contributed by atoms with Crippen molar-refractivity contribution < 1.29 is 4.79 Å². The highest BCUT2D eigenvalue weighted by molar-refractivity contribution is 5.99. The van der Waals surface area contributed by atoms with Crippen LogP contribution in [0.4, 0.5) is 0 Å². The van der Waals surface area contributed by atoms with Crippen LogP contribution in [-0.4, -0.2) is 37.7 Å². The molecule has 0 saturated heterocycles. The molecule has 0 aromatic carbocycles.